The van der Waals surface area contributed by atoms with Crippen LogP contribution in [-0.2, 0) is 4.74 Å². The minimum Gasteiger partial charge on any atom is -0.385 e. The monoisotopic (exact) mass is 307 g/mol. The van der Waals surface area contributed by atoms with Crippen molar-refractivity contribution >= 4 is 28.2 Å². The van der Waals surface area contributed by atoms with Crippen molar-refractivity contribution in [3.8, 4) is 0 Å². The number of nitrogens with zero attached hydrogens (tertiary/aromatic N) is 4. The molecular formula is C13H17N5O2S. The first-order chi connectivity index (χ1) is 10.2. The summed E-state index contributed by atoms with van der Waals surface area (Å²) in [5, 5.41) is 10.6. The van der Waals surface area contributed by atoms with Gasteiger partial charge in [0.05, 0.1) is 5.56 Å². The fraction of sp³-hybridized carbons (Fsp3) is 0.385. The lowest BCUT2D eigenvalue weighted by Crippen LogP contribution is -2.21. The minimum atomic E-state index is -0.243. The first-order valence-electron chi connectivity index (χ1n) is 6.44. The molecule has 1 N–H and O–H groups in total. The highest BCUT2D eigenvalue weighted by Gasteiger charge is 2.09. The van der Waals surface area contributed by atoms with Gasteiger partial charge >= 0.3 is 0 Å². The van der Waals surface area contributed by atoms with Gasteiger partial charge < -0.3 is 9.64 Å². The Hall–Kier alpha value is -2.06. The number of nitrogens with one attached hydrogen (secondary N) is 1. The molecule has 0 aliphatic heterocycles. The average Bonchev–Trinajstić information content (AvgIpc) is 3.00. The third-order valence-corrected chi connectivity index (χ3v) is 3.43. The summed E-state index contributed by atoms with van der Waals surface area (Å²) in [7, 11) is 3.64. The molecule has 0 radical (unpaired) electrons. The first kappa shape index (κ1) is 15.3. The predicted molar refractivity (Wildman–Crippen MR) is 81.9 cm³/mol. The molecular weight excluding hydrogens is 290 g/mol. The number of pyridine rings is 1. The van der Waals surface area contributed by atoms with Crippen molar-refractivity contribution in [3.05, 3.63) is 29.4 Å². The van der Waals surface area contributed by atoms with Crippen LogP contribution in [-0.4, -0.2) is 48.4 Å². The Morgan fingerprint density at radius 1 is 1.48 bits per heavy atom. The number of amides is 1. The average molecular weight is 307 g/mol. The molecule has 0 spiro atoms. The van der Waals surface area contributed by atoms with Crippen molar-refractivity contribution in [2.45, 2.75) is 6.42 Å². The van der Waals surface area contributed by atoms with Crippen molar-refractivity contribution in [2.75, 3.05) is 37.5 Å². The molecule has 112 valence electrons. The van der Waals surface area contributed by atoms with Gasteiger partial charge in [-0.3, -0.25) is 10.1 Å². The van der Waals surface area contributed by atoms with E-state index in [4.69, 9.17) is 4.74 Å². The first-order valence-corrected chi connectivity index (χ1v) is 7.32. The quantitative estimate of drug-likeness (QED) is 0.784. The molecule has 8 heteroatoms. The van der Waals surface area contributed by atoms with Crippen LogP contribution in [0.15, 0.2) is 23.8 Å². The highest BCUT2D eigenvalue weighted by Crippen LogP contribution is 2.13. The molecule has 0 aliphatic rings. The molecule has 0 aliphatic carbocycles. The molecule has 21 heavy (non-hydrogen) atoms. The van der Waals surface area contributed by atoms with Crippen molar-refractivity contribution in [3.63, 3.8) is 0 Å². The largest absolute Gasteiger partial charge is 0.385 e. The van der Waals surface area contributed by atoms with Crippen LogP contribution in [0.4, 0.5) is 10.9 Å². The number of hydrogen-bond acceptors (Lipinski definition) is 7. The van der Waals surface area contributed by atoms with E-state index in [1.807, 2.05) is 18.0 Å². The fourth-order valence-electron chi connectivity index (χ4n) is 1.70. The summed E-state index contributed by atoms with van der Waals surface area (Å²) >= 11 is 1.27. The Morgan fingerprint density at radius 3 is 2.95 bits per heavy atom. The summed E-state index contributed by atoms with van der Waals surface area (Å²) < 4.78 is 5.02. The number of carbonyl (C=O) groups excluding carboxylic acids is 1. The highest BCUT2D eigenvalue weighted by molar-refractivity contribution is 7.13. The standard InChI is InChI=1S/C13H17N5O2S/c1-18(6-3-7-20-2)11-5-4-10(8-14-11)12(19)16-13-17-15-9-21-13/h4-5,8-9H,3,6-7H2,1-2H3,(H,16,17,19). The summed E-state index contributed by atoms with van der Waals surface area (Å²) in [6.07, 6.45) is 2.48. The van der Waals surface area contributed by atoms with Crippen LogP contribution in [0.3, 0.4) is 0 Å². The van der Waals surface area contributed by atoms with Crippen LogP contribution in [0.25, 0.3) is 0 Å². The summed E-state index contributed by atoms with van der Waals surface area (Å²) in [5.74, 6) is 0.575. The van der Waals surface area contributed by atoms with E-state index < -0.39 is 0 Å². The molecule has 2 rings (SSSR count). The molecule has 0 fully saturated rings. The van der Waals surface area contributed by atoms with Gasteiger partial charge in [-0.2, -0.15) is 0 Å². The number of rotatable bonds is 7. The maximum atomic E-state index is 12.0. The smallest absolute Gasteiger partial charge is 0.259 e. The van der Waals surface area contributed by atoms with Gasteiger partial charge in [0.1, 0.15) is 11.3 Å². The molecule has 2 aromatic rings. The normalized spacial score (nSPS) is 10.4. The number of aromatic nitrogens is 3. The number of ether oxygens (including phenoxy) is 1. The third-order valence-electron chi connectivity index (χ3n) is 2.82. The van der Waals surface area contributed by atoms with Gasteiger partial charge in [0.15, 0.2) is 0 Å². The fourth-order valence-corrected chi connectivity index (χ4v) is 2.14. The van der Waals surface area contributed by atoms with E-state index in [0.717, 1.165) is 18.8 Å². The van der Waals surface area contributed by atoms with Crippen LogP contribution in [0.5, 0.6) is 0 Å². The Bertz CT molecular complexity index is 558. The Balaban J connectivity index is 1.93. The van der Waals surface area contributed by atoms with Gasteiger partial charge in [0, 0.05) is 33.5 Å². The van der Waals surface area contributed by atoms with Crippen LogP contribution in [0.2, 0.25) is 0 Å². The van der Waals surface area contributed by atoms with E-state index in [9.17, 15) is 4.79 Å². The maximum Gasteiger partial charge on any atom is 0.259 e. The molecule has 0 saturated heterocycles. The zero-order chi connectivity index (χ0) is 15.1. The van der Waals surface area contributed by atoms with E-state index in [1.54, 1.807) is 24.9 Å². The number of methoxy groups -OCH3 is 1. The number of hydrogen-bond donors (Lipinski definition) is 1. The SMILES string of the molecule is COCCCN(C)c1ccc(C(=O)Nc2nncs2)cn1. The summed E-state index contributed by atoms with van der Waals surface area (Å²) in [4.78, 5) is 18.3. The van der Waals surface area contributed by atoms with Crippen LogP contribution < -0.4 is 10.2 Å². The number of anilines is 2. The molecule has 7 nitrogen and oxygen atoms in total. The molecule has 0 unspecified atom stereocenters. The topological polar surface area (TPSA) is 80.2 Å². The van der Waals surface area contributed by atoms with Crippen LogP contribution in [0, 0.1) is 0 Å². The molecule has 0 atom stereocenters. The molecule has 0 saturated carbocycles. The molecule has 0 aromatic carbocycles. The third kappa shape index (κ3) is 4.47. The Labute approximate surface area is 127 Å². The predicted octanol–water partition coefficient (Wildman–Crippen LogP) is 1.66. The minimum absolute atomic E-state index is 0.243. The second-order valence-electron chi connectivity index (χ2n) is 4.37. The molecule has 1 amide bonds. The second kappa shape index (κ2) is 7.65. The van der Waals surface area contributed by atoms with Gasteiger partial charge in [-0.15, -0.1) is 10.2 Å². The van der Waals surface area contributed by atoms with Crippen molar-refractivity contribution in [1.29, 1.82) is 0 Å². The van der Waals surface area contributed by atoms with Gasteiger partial charge in [-0.1, -0.05) is 11.3 Å². The zero-order valence-electron chi connectivity index (χ0n) is 11.9. The van der Waals surface area contributed by atoms with E-state index in [-0.39, 0.29) is 5.91 Å². The summed E-state index contributed by atoms with van der Waals surface area (Å²) in [5.41, 5.74) is 2.05. The van der Waals surface area contributed by atoms with E-state index in [1.165, 1.54) is 11.3 Å². The van der Waals surface area contributed by atoms with Crippen molar-refractivity contribution in [2.24, 2.45) is 0 Å². The van der Waals surface area contributed by atoms with Gasteiger partial charge in [-0.25, -0.2) is 4.98 Å². The Kier molecular flexibility index (Phi) is 5.59. The van der Waals surface area contributed by atoms with E-state index >= 15 is 0 Å². The van der Waals surface area contributed by atoms with Crippen LogP contribution >= 0.6 is 11.3 Å². The van der Waals surface area contributed by atoms with Gasteiger partial charge in [-0.05, 0) is 18.6 Å². The van der Waals surface area contributed by atoms with Crippen LogP contribution in [0.1, 0.15) is 16.8 Å². The van der Waals surface area contributed by atoms with Crippen molar-refractivity contribution in [1.82, 2.24) is 15.2 Å². The van der Waals surface area contributed by atoms with Gasteiger partial charge in [0.25, 0.3) is 5.91 Å². The second-order valence-corrected chi connectivity index (χ2v) is 5.20. The lowest BCUT2D eigenvalue weighted by molar-refractivity contribution is 0.102. The van der Waals surface area contributed by atoms with E-state index in [2.05, 4.69) is 20.5 Å². The van der Waals surface area contributed by atoms with Crippen molar-refractivity contribution < 1.29 is 9.53 Å². The highest BCUT2D eigenvalue weighted by atomic mass is 32.1. The zero-order valence-corrected chi connectivity index (χ0v) is 12.8. The Morgan fingerprint density at radius 2 is 2.33 bits per heavy atom. The van der Waals surface area contributed by atoms with E-state index in [0.29, 0.717) is 17.3 Å². The molecule has 2 aromatic heterocycles. The number of carbonyl (C=O) groups is 1. The molecule has 0 bridgehead atoms. The lowest BCUT2D eigenvalue weighted by atomic mass is 10.2. The molecule has 2 heterocycles. The lowest BCUT2D eigenvalue weighted by Gasteiger charge is -2.17. The summed E-state index contributed by atoms with van der Waals surface area (Å²) in [6, 6.07) is 3.56. The summed E-state index contributed by atoms with van der Waals surface area (Å²) in [6.45, 7) is 1.56. The van der Waals surface area contributed by atoms with Gasteiger partial charge in [0.2, 0.25) is 5.13 Å². The maximum absolute atomic E-state index is 12.0.